The van der Waals surface area contributed by atoms with Gasteiger partial charge in [0.25, 0.3) is 0 Å². The molecule has 0 bridgehead atoms. The second-order valence-electron chi connectivity index (χ2n) is 5.33. The summed E-state index contributed by atoms with van der Waals surface area (Å²) in [5.74, 6) is 0.523. The summed E-state index contributed by atoms with van der Waals surface area (Å²) >= 11 is 0. The van der Waals surface area contributed by atoms with Crippen molar-refractivity contribution in [2.75, 3.05) is 7.05 Å². The van der Waals surface area contributed by atoms with E-state index in [1.54, 1.807) is 11.0 Å². The fourth-order valence-corrected chi connectivity index (χ4v) is 2.28. The highest BCUT2D eigenvalue weighted by atomic mass is 16.2. The molecule has 1 heterocycles. The Bertz CT molecular complexity index is 587. The van der Waals surface area contributed by atoms with Crippen LogP contribution < -0.4 is 0 Å². The van der Waals surface area contributed by atoms with E-state index < -0.39 is 0 Å². The number of hydrogen-bond donors (Lipinski definition) is 0. The molecule has 1 aromatic carbocycles. The molecule has 104 valence electrons. The molecule has 3 rings (SSSR count). The summed E-state index contributed by atoms with van der Waals surface area (Å²) < 4.78 is 1.72. The van der Waals surface area contributed by atoms with Crippen LogP contribution in [0.3, 0.4) is 0 Å². The summed E-state index contributed by atoms with van der Waals surface area (Å²) in [5, 5.41) is 4.10. The number of carbonyl (C=O) groups is 1. The zero-order valence-electron chi connectivity index (χ0n) is 11.7. The van der Waals surface area contributed by atoms with Crippen molar-refractivity contribution in [2.24, 2.45) is 5.92 Å². The number of nitrogens with zero attached hydrogens (tertiary/aromatic N) is 4. The average molecular weight is 270 g/mol. The molecular weight excluding hydrogens is 252 g/mol. The molecule has 2 aromatic rings. The first-order chi connectivity index (χ1) is 9.66. The molecule has 1 fully saturated rings. The first-order valence-electron chi connectivity index (χ1n) is 6.88. The van der Waals surface area contributed by atoms with Gasteiger partial charge in [0.1, 0.15) is 12.7 Å². The predicted molar refractivity (Wildman–Crippen MR) is 75.3 cm³/mol. The van der Waals surface area contributed by atoms with E-state index in [0.29, 0.717) is 0 Å². The molecule has 1 aliphatic rings. The van der Waals surface area contributed by atoms with E-state index in [-0.39, 0.29) is 17.9 Å². The zero-order valence-corrected chi connectivity index (χ0v) is 11.7. The number of benzene rings is 1. The van der Waals surface area contributed by atoms with Crippen molar-refractivity contribution in [1.82, 2.24) is 19.7 Å². The lowest BCUT2D eigenvalue weighted by atomic mass is 10.1. The number of aromatic nitrogens is 3. The van der Waals surface area contributed by atoms with E-state index in [1.165, 1.54) is 6.33 Å². The molecular formula is C15H18N4O. The highest BCUT2D eigenvalue weighted by molar-refractivity contribution is 5.81. The molecule has 0 aliphatic heterocycles. The molecule has 0 spiro atoms. The lowest BCUT2D eigenvalue weighted by Crippen LogP contribution is -2.30. The van der Waals surface area contributed by atoms with Crippen LogP contribution in [0.4, 0.5) is 0 Å². The topological polar surface area (TPSA) is 51.0 Å². The molecule has 1 aliphatic carbocycles. The number of rotatable bonds is 4. The van der Waals surface area contributed by atoms with Gasteiger partial charge >= 0.3 is 0 Å². The molecule has 1 saturated carbocycles. The van der Waals surface area contributed by atoms with Gasteiger partial charge in [0.2, 0.25) is 5.91 Å². The van der Waals surface area contributed by atoms with Crippen LogP contribution in [0.25, 0.3) is 5.69 Å². The van der Waals surface area contributed by atoms with Crippen LogP contribution in [0.1, 0.15) is 31.4 Å². The molecule has 5 nitrogen and oxygen atoms in total. The Labute approximate surface area is 118 Å². The summed E-state index contributed by atoms with van der Waals surface area (Å²) in [6.07, 6.45) is 5.27. The fourth-order valence-electron chi connectivity index (χ4n) is 2.28. The average Bonchev–Trinajstić information content (AvgIpc) is 3.20. The van der Waals surface area contributed by atoms with E-state index >= 15 is 0 Å². The Balaban J connectivity index is 1.75. The first-order valence-corrected chi connectivity index (χ1v) is 6.88. The van der Waals surface area contributed by atoms with Crippen molar-refractivity contribution >= 4 is 5.91 Å². The minimum absolute atomic E-state index is 0.0906. The Morgan fingerprint density at radius 2 is 2.05 bits per heavy atom. The second-order valence-corrected chi connectivity index (χ2v) is 5.33. The van der Waals surface area contributed by atoms with E-state index in [0.717, 1.165) is 24.1 Å². The van der Waals surface area contributed by atoms with E-state index in [4.69, 9.17) is 0 Å². The van der Waals surface area contributed by atoms with Crippen molar-refractivity contribution in [3.8, 4) is 5.69 Å². The van der Waals surface area contributed by atoms with E-state index in [1.807, 2.05) is 36.2 Å². The maximum atomic E-state index is 12.1. The van der Waals surface area contributed by atoms with Gasteiger partial charge in [0.15, 0.2) is 0 Å². The van der Waals surface area contributed by atoms with Gasteiger partial charge < -0.3 is 4.90 Å². The summed E-state index contributed by atoms with van der Waals surface area (Å²) in [6.45, 7) is 2.06. The minimum atomic E-state index is 0.0906. The lowest BCUT2D eigenvalue weighted by Gasteiger charge is -2.25. The molecule has 0 N–H and O–H groups in total. The second kappa shape index (κ2) is 5.07. The minimum Gasteiger partial charge on any atom is -0.339 e. The van der Waals surface area contributed by atoms with Gasteiger partial charge in [-0.05, 0) is 37.5 Å². The van der Waals surface area contributed by atoms with Gasteiger partial charge in [-0.15, -0.1) is 0 Å². The van der Waals surface area contributed by atoms with E-state index in [2.05, 4.69) is 17.0 Å². The maximum Gasteiger partial charge on any atom is 0.225 e. The molecule has 20 heavy (non-hydrogen) atoms. The van der Waals surface area contributed by atoms with Gasteiger partial charge in [0, 0.05) is 13.0 Å². The fraction of sp³-hybridized carbons (Fsp3) is 0.400. The number of carbonyl (C=O) groups excluding carboxylic acids is 1. The van der Waals surface area contributed by atoms with Crippen LogP contribution in [0.15, 0.2) is 36.9 Å². The quantitative estimate of drug-likeness (QED) is 0.855. The standard InChI is InChI=1S/C15H18N4O/c1-11(18(2)15(20)13-3-4-13)12-5-7-14(8-6-12)19-10-16-9-17-19/h5-11,13H,3-4H2,1-2H3. The van der Waals surface area contributed by atoms with Gasteiger partial charge in [-0.1, -0.05) is 12.1 Å². The third-order valence-corrected chi connectivity index (χ3v) is 3.91. The Kier molecular flexibility index (Phi) is 3.26. The molecule has 1 amide bonds. The molecule has 1 atom stereocenters. The van der Waals surface area contributed by atoms with Crippen molar-refractivity contribution in [1.29, 1.82) is 0 Å². The Morgan fingerprint density at radius 1 is 1.35 bits per heavy atom. The molecule has 1 aromatic heterocycles. The van der Waals surface area contributed by atoms with Crippen LogP contribution in [0, 0.1) is 5.92 Å². The largest absolute Gasteiger partial charge is 0.339 e. The Morgan fingerprint density at radius 3 is 2.60 bits per heavy atom. The van der Waals surface area contributed by atoms with Gasteiger partial charge in [0.05, 0.1) is 11.7 Å². The van der Waals surface area contributed by atoms with Crippen molar-refractivity contribution < 1.29 is 4.79 Å². The zero-order chi connectivity index (χ0) is 14.1. The normalized spacial score (nSPS) is 15.9. The third kappa shape index (κ3) is 2.43. The van der Waals surface area contributed by atoms with Gasteiger partial charge in [-0.3, -0.25) is 4.79 Å². The van der Waals surface area contributed by atoms with Gasteiger partial charge in [-0.2, -0.15) is 5.10 Å². The van der Waals surface area contributed by atoms with Crippen LogP contribution in [0.5, 0.6) is 0 Å². The molecule has 5 heteroatoms. The van der Waals surface area contributed by atoms with Crippen LogP contribution in [-0.2, 0) is 4.79 Å². The van der Waals surface area contributed by atoms with Crippen molar-refractivity contribution in [3.63, 3.8) is 0 Å². The van der Waals surface area contributed by atoms with Crippen molar-refractivity contribution in [3.05, 3.63) is 42.5 Å². The summed E-state index contributed by atoms with van der Waals surface area (Å²) in [4.78, 5) is 17.9. The van der Waals surface area contributed by atoms with Gasteiger partial charge in [-0.25, -0.2) is 9.67 Å². The monoisotopic (exact) mass is 270 g/mol. The first kappa shape index (κ1) is 12.8. The lowest BCUT2D eigenvalue weighted by molar-refractivity contribution is -0.133. The predicted octanol–water partition coefficient (Wildman–Crippen LogP) is 2.20. The van der Waals surface area contributed by atoms with Crippen LogP contribution >= 0.6 is 0 Å². The summed E-state index contributed by atoms with van der Waals surface area (Å²) in [7, 11) is 1.89. The molecule has 1 unspecified atom stereocenters. The van der Waals surface area contributed by atoms with Crippen LogP contribution in [0.2, 0.25) is 0 Å². The number of amides is 1. The molecule has 0 saturated heterocycles. The maximum absolute atomic E-state index is 12.1. The molecule has 0 radical (unpaired) electrons. The highest BCUT2D eigenvalue weighted by Gasteiger charge is 2.33. The highest BCUT2D eigenvalue weighted by Crippen LogP contribution is 2.33. The van der Waals surface area contributed by atoms with Crippen molar-refractivity contribution in [2.45, 2.75) is 25.8 Å². The smallest absolute Gasteiger partial charge is 0.225 e. The summed E-state index contributed by atoms with van der Waals surface area (Å²) in [5.41, 5.74) is 2.10. The number of hydrogen-bond acceptors (Lipinski definition) is 3. The van der Waals surface area contributed by atoms with E-state index in [9.17, 15) is 4.79 Å². The Hall–Kier alpha value is -2.17. The van der Waals surface area contributed by atoms with Crippen LogP contribution in [-0.4, -0.2) is 32.6 Å². The summed E-state index contributed by atoms with van der Waals surface area (Å²) in [6, 6.07) is 8.16. The SMILES string of the molecule is CC(c1ccc(-n2cncn2)cc1)N(C)C(=O)C1CC1. The third-order valence-electron chi connectivity index (χ3n) is 3.91.